The van der Waals surface area contributed by atoms with Crippen molar-refractivity contribution in [3.8, 4) is 5.75 Å². The summed E-state index contributed by atoms with van der Waals surface area (Å²) in [6.45, 7) is 2.24. The number of halogens is 1. The molecule has 4 heteroatoms. The molecule has 0 aromatic heterocycles. The minimum atomic E-state index is -0.546. The minimum Gasteiger partial charge on any atom is -0.495 e. The Hall–Kier alpha value is -0.770. The van der Waals surface area contributed by atoms with Crippen molar-refractivity contribution in [1.29, 1.82) is 0 Å². The van der Waals surface area contributed by atoms with Gasteiger partial charge in [-0.2, -0.15) is 0 Å². The molecular formula is C10H15ClN2O. The zero-order chi connectivity index (χ0) is 10.8. The highest BCUT2D eigenvalue weighted by molar-refractivity contribution is 6.32. The third kappa shape index (κ3) is 2.18. The molecule has 3 nitrogen and oxygen atoms in total. The molecule has 0 radical (unpaired) electrons. The quantitative estimate of drug-likeness (QED) is 0.802. The molecule has 0 aliphatic heterocycles. The van der Waals surface area contributed by atoms with E-state index in [1.807, 2.05) is 13.0 Å². The van der Waals surface area contributed by atoms with Gasteiger partial charge in [0.05, 0.1) is 17.7 Å². The Bertz CT molecular complexity index is 326. The number of ether oxygens (including phenoxy) is 1. The van der Waals surface area contributed by atoms with E-state index in [-0.39, 0.29) is 0 Å². The third-order valence-corrected chi connectivity index (χ3v) is 2.53. The average Bonchev–Trinajstić information content (AvgIpc) is 2.17. The van der Waals surface area contributed by atoms with Crippen LogP contribution in [0.3, 0.4) is 0 Å². The number of hydrogen-bond donors (Lipinski definition) is 2. The first-order valence-electron chi connectivity index (χ1n) is 4.34. The second-order valence-electron chi connectivity index (χ2n) is 3.47. The molecule has 0 amide bonds. The van der Waals surface area contributed by atoms with E-state index in [1.165, 1.54) is 0 Å². The smallest absolute Gasteiger partial charge is 0.137 e. The fourth-order valence-electron chi connectivity index (χ4n) is 1.14. The summed E-state index contributed by atoms with van der Waals surface area (Å²) in [6, 6.07) is 5.45. The molecule has 0 heterocycles. The summed E-state index contributed by atoms with van der Waals surface area (Å²) in [6.07, 6.45) is 0. The molecule has 0 spiro atoms. The summed E-state index contributed by atoms with van der Waals surface area (Å²) in [4.78, 5) is 0. The highest BCUT2D eigenvalue weighted by Gasteiger charge is 2.19. The van der Waals surface area contributed by atoms with E-state index in [0.717, 1.165) is 5.56 Å². The van der Waals surface area contributed by atoms with Gasteiger partial charge in [-0.1, -0.05) is 17.7 Å². The largest absolute Gasteiger partial charge is 0.495 e. The molecule has 1 aromatic carbocycles. The van der Waals surface area contributed by atoms with Crippen molar-refractivity contribution in [2.45, 2.75) is 12.5 Å². The van der Waals surface area contributed by atoms with Crippen molar-refractivity contribution in [3.63, 3.8) is 0 Å². The number of hydrogen-bond acceptors (Lipinski definition) is 3. The fraction of sp³-hybridized carbons (Fsp3) is 0.400. The van der Waals surface area contributed by atoms with Gasteiger partial charge in [-0.15, -0.1) is 0 Å². The third-order valence-electron chi connectivity index (χ3n) is 2.24. The molecule has 0 saturated heterocycles. The lowest BCUT2D eigenvalue weighted by Crippen LogP contribution is -2.40. The normalized spacial score (nSPS) is 14.9. The summed E-state index contributed by atoms with van der Waals surface area (Å²) in [5, 5.41) is 0.551. The lowest BCUT2D eigenvalue weighted by atomic mass is 9.93. The molecule has 1 aromatic rings. The van der Waals surface area contributed by atoms with E-state index in [4.69, 9.17) is 27.8 Å². The molecule has 1 atom stereocenters. The molecule has 1 rings (SSSR count). The van der Waals surface area contributed by atoms with Crippen LogP contribution in [0.5, 0.6) is 5.75 Å². The van der Waals surface area contributed by atoms with Gasteiger partial charge in [-0.3, -0.25) is 0 Å². The highest BCUT2D eigenvalue weighted by Crippen LogP contribution is 2.28. The van der Waals surface area contributed by atoms with E-state index in [9.17, 15) is 0 Å². The Morgan fingerprint density at radius 3 is 2.57 bits per heavy atom. The molecule has 4 N–H and O–H groups in total. The molecule has 14 heavy (non-hydrogen) atoms. The van der Waals surface area contributed by atoms with Gasteiger partial charge in [0.15, 0.2) is 0 Å². The number of nitrogens with two attached hydrogens (primary N) is 2. The first-order chi connectivity index (χ1) is 6.51. The summed E-state index contributed by atoms with van der Waals surface area (Å²) in [7, 11) is 1.57. The lowest BCUT2D eigenvalue weighted by molar-refractivity contribution is 0.414. The molecule has 0 bridgehead atoms. The molecular weight excluding hydrogens is 200 g/mol. The van der Waals surface area contributed by atoms with Crippen molar-refractivity contribution in [2.75, 3.05) is 13.7 Å². The van der Waals surface area contributed by atoms with Crippen molar-refractivity contribution in [1.82, 2.24) is 0 Å². The van der Waals surface area contributed by atoms with E-state index < -0.39 is 5.54 Å². The van der Waals surface area contributed by atoms with E-state index in [1.54, 1.807) is 19.2 Å². The van der Waals surface area contributed by atoms with Crippen LogP contribution in [0.15, 0.2) is 18.2 Å². The van der Waals surface area contributed by atoms with Crippen LogP contribution in [-0.2, 0) is 5.54 Å². The number of benzene rings is 1. The Morgan fingerprint density at radius 2 is 2.14 bits per heavy atom. The lowest BCUT2D eigenvalue weighted by Gasteiger charge is -2.23. The zero-order valence-electron chi connectivity index (χ0n) is 8.38. The van der Waals surface area contributed by atoms with Crippen LogP contribution >= 0.6 is 11.6 Å². The molecule has 0 saturated carbocycles. The molecule has 0 fully saturated rings. The van der Waals surface area contributed by atoms with Crippen LogP contribution in [0.25, 0.3) is 0 Å². The van der Waals surface area contributed by atoms with Gasteiger partial charge in [0.2, 0.25) is 0 Å². The zero-order valence-corrected chi connectivity index (χ0v) is 9.14. The van der Waals surface area contributed by atoms with E-state index in [2.05, 4.69) is 0 Å². The summed E-state index contributed by atoms with van der Waals surface area (Å²) in [5.41, 5.74) is 11.9. The van der Waals surface area contributed by atoms with Crippen LogP contribution in [0, 0.1) is 0 Å². The van der Waals surface area contributed by atoms with Crippen molar-refractivity contribution in [2.24, 2.45) is 11.5 Å². The Balaban J connectivity index is 3.08. The van der Waals surface area contributed by atoms with Crippen molar-refractivity contribution in [3.05, 3.63) is 28.8 Å². The van der Waals surface area contributed by atoms with Gasteiger partial charge < -0.3 is 16.2 Å². The summed E-state index contributed by atoms with van der Waals surface area (Å²) in [5.74, 6) is 0.642. The topological polar surface area (TPSA) is 61.3 Å². The van der Waals surface area contributed by atoms with Crippen molar-refractivity contribution >= 4 is 11.6 Å². The summed E-state index contributed by atoms with van der Waals surface area (Å²) < 4.78 is 5.04. The average molecular weight is 215 g/mol. The van der Waals surface area contributed by atoms with Crippen LogP contribution in [0.1, 0.15) is 12.5 Å². The number of methoxy groups -OCH3 is 1. The van der Waals surface area contributed by atoms with Gasteiger partial charge in [0, 0.05) is 6.54 Å². The van der Waals surface area contributed by atoms with Crippen LogP contribution in [-0.4, -0.2) is 13.7 Å². The first kappa shape index (κ1) is 11.3. The second-order valence-corrected chi connectivity index (χ2v) is 3.88. The standard InChI is InChI=1S/C10H15ClN2O/c1-10(13,6-12)7-3-4-9(14-2)8(11)5-7/h3-5H,6,12-13H2,1-2H3. The van der Waals surface area contributed by atoms with Crippen LogP contribution in [0.4, 0.5) is 0 Å². The number of rotatable bonds is 3. The predicted octanol–water partition coefficient (Wildman–Crippen LogP) is 1.48. The second kappa shape index (κ2) is 4.17. The van der Waals surface area contributed by atoms with Crippen LogP contribution in [0.2, 0.25) is 5.02 Å². The molecule has 1 unspecified atom stereocenters. The predicted molar refractivity (Wildman–Crippen MR) is 58.6 cm³/mol. The monoisotopic (exact) mass is 214 g/mol. The summed E-state index contributed by atoms with van der Waals surface area (Å²) >= 11 is 5.97. The Kier molecular flexibility index (Phi) is 3.37. The van der Waals surface area contributed by atoms with Gasteiger partial charge in [-0.05, 0) is 24.6 Å². The highest BCUT2D eigenvalue weighted by atomic mass is 35.5. The molecule has 78 valence electrons. The van der Waals surface area contributed by atoms with Gasteiger partial charge in [0.25, 0.3) is 0 Å². The molecule has 0 aliphatic carbocycles. The van der Waals surface area contributed by atoms with Gasteiger partial charge in [-0.25, -0.2) is 0 Å². The van der Waals surface area contributed by atoms with E-state index >= 15 is 0 Å². The Labute approximate surface area is 89.0 Å². The van der Waals surface area contributed by atoms with Gasteiger partial charge in [0.1, 0.15) is 5.75 Å². The SMILES string of the molecule is COc1ccc(C(C)(N)CN)cc1Cl. The maximum absolute atomic E-state index is 5.97. The van der Waals surface area contributed by atoms with Gasteiger partial charge >= 0.3 is 0 Å². The maximum Gasteiger partial charge on any atom is 0.137 e. The fourth-order valence-corrected chi connectivity index (χ4v) is 1.40. The van der Waals surface area contributed by atoms with Crippen LogP contribution < -0.4 is 16.2 Å². The molecule has 0 aliphatic rings. The first-order valence-corrected chi connectivity index (χ1v) is 4.72. The maximum atomic E-state index is 5.97. The Morgan fingerprint density at radius 1 is 1.50 bits per heavy atom. The van der Waals surface area contributed by atoms with Crippen molar-refractivity contribution < 1.29 is 4.74 Å². The minimum absolute atomic E-state index is 0.371. The van der Waals surface area contributed by atoms with E-state index in [0.29, 0.717) is 17.3 Å².